The van der Waals surface area contributed by atoms with Crippen LogP contribution < -0.4 is 0 Å². The summed E-state index contributed by atoms with van der Waals surface area (Å²) in [4.78, 5) is 12.4. The molecule has 98 valence electrons. The molecule has 2 aromatic rings. The largest absolute Gasteiger partial charge is 0.308 e. The predicted molar refractivity (Wildman–Crippen MR) is 77.0 cm³/mol. The number of benzene rings is 1. The Morgan fingerprint density at radius 2 is 2.11 bits per heavy atom. The van der Waals surface area contributed by atoms with E-state index in [9.17, 15) is 4.79 Å². The summed E-state index contributed by atoms with van der Waals surface area (Å²) in [5, 5.41) is 8.39. The Labute approximate surface area is 112 Å². The summed E-state index contributed by atoms with van der Waals surface area (Å²) in [6.45, 7) is 0. The quantitative estimate of drug-likeness (QED) is 0.830. The average molecular weight is 254 g/mol. The lowest BCUT2D eigenvalue weighted by Crippen LogP contribution is -2.13. The Bertz CT molecular complexity index is 621. The van der Waals surface area contributed by atoms with Crippen molar-refractivity contribution in [3.63, 3.8) is 0 Å². The van der Waals surface area contributed by atoms with E-state index in [1.807, 2.05) is 30.5 Å². The molecule has 1 aliphatic rings. The lowest BCUT2D eigenvalue weighted by Gasteiger charge is -2.09. The number of aromatic nitrogens is 1. The van der Waals surface area contributed by atoms with Gasteiger partial charge >= 0.3 is 0 Å². The fraction of sp³-hybridized carbons (Fsp3) is 0.375. The molecule has 19 heavy (non-hydrogen) atoms. The van der Waals surface area contributed by atoms with Gasteiger partial charge in [0.2, 0.25) is 5.91 Å². The molecule has 0 saturated heterocycles. The lowest BCUT2D eigenvalue weighted by molar-refractivity contribution is 0.0886. The van der Waals surface area contributed by atoms with Crippen molar-refractivity contribution in [3.05, 3.63) is 36.0 Å². The second-order valence-electron chi connectivity index (χ2n) is 5.36. The highest BCUT2D eigenvalue weighted by Crippen LogP contribution is 2.29. The first-order chi connectivity index (χ1) is 9.29. The molecule has 1 N–H and O–H groups in total. The molecule has 0 atom stereocenters. The first-order valence-corrected chi connectivity index (χ1v) is 6.93. The number of hydrogen-bond donors (Lipinski definition) is 1. The Kier molecular flexibility index (Phi) is 3.20. The SMILES string of the molecule is N=Cc1cccc2c1ccn2C(=O)CC1CCCC1. The smallest absolute Gasteiger partial charge is 0.231 e. The normalized spacial score (nSPS) is 16.0. The number of nitrogens with one attached hydrogen (secondary N) is 1. The summed E-state index contributed by atoms with van der Waals surface area (Å²) in [6, 6.07) is 7.69. The van der Waals surface area contributed by atoms with Crippen molar-refractivity contribution < 1.29 is 4.79 Å². The van der Waals surface area contributed by atoms with Crippen molar-refractivity contribution in [2.75, 3.05) is 0 Å². The molecule has 3 nitrogen and oxygen atoms in total. The highest BCUT2D eigenvalue weighted by Gasteiger charge is 2.20. The zero-order valence-corrected chi connectivity index (χ0v) is 10.9. The highest BCUT2D eigenvalue weighted by atomic mass is 16.2. The molecule has 0 aliphatic heterocycles. The van der Waals surface area contributed by atoms with Crippen LogP contribution in [0.25, 0.3) is 10.9 Å². The van der Waals surface area contributed by atoms with Crippen molar-refractivity contribution in [1.82, 2.24) is 4.57 Å². The van der Waals surface area contributed by atoms with E-state index in [2.05, 4.69) is 0 Å². The molecule has 3 rings (SSSR count). The van der Waals surface area contributed by atoms with Gasteiger partial charge in [0.1, 0.15) is 0 Å². The Balaban J connectivity index is 1.92. The Morgan fingerprint density at radius 3 is 2.84 bits per heavy atom. The Morgan fingerprint density at radius 1 is 1.32 bits per heavy atom. The van der Waals surface area contributed by atoms with Gasteiger partial charge in [0.05, 0.1) is 5.52 Å². The monoisotopic (exact) mass is 254 g/mol. The van der Waals surface area contributed by atoms with Crippen LogP contribution in [0.1, 0.15) is 42.5 Å². The van der Waals surface area contributed by atoms with Crippen LogP contribution in [0.4, 0.5) is 0 Å². The van der Waals surface area contributed by atoms with Crippen molar-refractivity contribution in [1.29, 1.82) is 5.41 Å². The summed E-state index contributed by atoms with van der Waals surface area (Å²) in [6.07, 6.45) is 8.75. The molecule has 1 aliphatic carbocycles. The highest BCUT2D eigenvalue weighted by molar-refractivity contribution is 6.01. The van der Waals surface area contributed by atoms with E-state index in [1.165, 1.54) is 31.9 Å². The van der Waals surface area contributed by atoms with E-state index in [0.717, 1.165) is 16.5 Å². The van der Waals surface area contributed by atoms with E-state index in [-0.39, 0.29) is 5.91 Å². The van der Waals surface area contributed by atoms with Crippen molar-refractivity contribution in [2.45, 2.75) is 32.1 Å². The second kappa shape index (κ2) is 5.00. The van der Waals surface area contributed by atoms with Gasteiger partial charge in [0, 0.05) is 29.8 Å². The zero-order chi connectivity index (χ0) is 13.2. The molecular weight excluding hydrogens is 236 g/mol. The molecule has 1 saturated carbocycles. The maximum Gasteiger partial charge on any atom is 0.231 e. The summed E-state index contributed by atoms with van der Waals surface area (Å²) < 4.78 is 1.75. The molecule has 0 radical (unpaired) electrons. The fourth-order valence-corrected chi connectivity index (χ4v) is 3.09. The summed E-state index contributed by atoms with van der Waals surface area (Å²) in [5.74, 6) is 0.750. The molecule has 0 spiro atoms. The van der Waals surface area contributed by atoms with Gasteiger partial charge < -0.3 is 5.41 Å². The van der Waals surface area contributed by atoms with Crippen LogP contribution in [-0.4, -0.2) is 16.7 Å². The number of rotatable bonds is 3. The molecule has 3 heteroatoms. The molecule has 1 heterocycles. The zero-order valence-electron chi connectivity index (χ0n) is 10.9. The number of carbonyl (C=O) groups is 1. The maximum atomic E-state index is 12.4. The van der Waals surface area contributed by atoms with Crippen LogP contribution in [0.15, 0.2) is 30.5 Å². The van der Waals surface area contributed by atoms with Gasteiger partial charge in [0.25, 0.3) is 0 Å². The van der Waals surface area contributed by atoms with E-state index in [1.54, 1.807) is 4.57 Å². The average Bonchev–Trinajstić information content (AvgIpc) is 3.06. The number of fused-ring (bicyclic) bond motifs is 1. The third-order valence-electron chi connectivity index (χ3n) is 4.13. The number of hydrogen-bond acceptors (Lipinski definition) is 2. The summed E-state index contributed by atoms with van der Waals surface area (Å²) >= 11 is 0. The van der Waals surface area contributed by atoms with Crippen LogP contribution in [-0.2, 0) is 0 Å². The molecule has 1 aromatic carbocycles. The van der Waals surface area contributed by atoms with Crippen molar-refractivity contribution >= 4 is 23.0 Å². The minimum Gasteiger partial charge on any atom is -0.308 e. The van der Waals surface area contributed by atoms with Gasteiger partial charge in [-0.15, -0.1) is 0 Å². The van der Waals surface area contributed by atoms with Crippen molar-refractivity contribution in [2.24, 2.45) is 5.92 Å². The van der Waals surface area contributed by atoms with Crippen LogP contribution in [0.3, 0.4) is 0 Å². The van der Waals surface area contributed by atoms with Crippen molar-refractivity contribution in [3.8, 4) is 0 Å². The van der Waals surface area contributed by atoms with Gasteiger partial charge in [-0.05, 0) is 30.9 Å². The summed E-state index contributed by atoms with van der Waals surface area (Å²) in [7, 11) is 0. The first-order valence-electron chi connectivity index (χ1n) is 6.93. The van der Waals surface area contributed by atoms with Gasteiger partial charge in [-0.2, -0.15) is 0 Å². The number of carbonyl (C=O) groups excluding carboxylic acids is 1. The predicted octanol–water partition coefficient (Wildman–Crippen LogP) is 3.86. The molecule has 1 fully saturated rings. The van der Waals surface area contributed by atoms with E-state index < -0.39 is 0 Å². The van der Waals surface area contributed by atoms with Crippen LogP contribution in [0.2, 0.25) is 0 Å². The summed E-state index contributed by atoms with van der Waals surface area (Å²) in [5.41, 5.74) is 1.79. The Hall–Kier alpha value is -1.90. The lowest BCUT2D eigenvalue weighted by atomic mass is 10.0. The van der Waals surface area contributed by atoms with E-state index in [4.69, 9.17) is 5.41 Å². The first kappa shape index (κ1) is 12.2. The van der Waals surface area contributed by atoms with E-state index >= 15 is 0 Å². The standard InChI is InChI=1S/C16H18N2O/c17-11-13-6-3-7-15-14(13)8-9-18(15)16(19)10-12-4-1-2-5-12/h3,6-9,11-12,17H,1-2,4-5,10H2. The molecule has 1 aromatic heterocycles. The third-order valence-corrected chi connectivity index (χ3v) is 4.13. The van der Waals surface area contributed by atoms with Crippen LogP contribution in [0.5, 0.6) is 0 Å². The van der Waals surface area contributed by atoms with Gasteiger partial charge in [-0.3, -0.25) is 9.36 Å². The second-order valence-corrected chi connectivity index (χ2v) is 5.36. The van der Waals surface area contributed by atoms with Gasteiger partial charge in [0.15, 0.2) is 0 Å². The third kappa shape index (κ3) is 2.21. The number of nitrogens with zero attached hydrogens (tertiary/aromatic N) is 1. The van der Waals surface area contributed by atoms with Crippen LogP contribution >= 0.6 is 0 Å². The molecule has 0 unspecified atom stereocenters. The van der Waals surface area contributed by atoms with E-state index in [0.29, 0.717) is 12.3 Å². The molecular formula is C16H18N2O. The van der Waals surface area contributed by atoms with Gasteiger partial charge in [-0.1, -0.05) is 25.0 Å². The minimum atomic E-state index is 0.184. The topological polar surface area (TPSA) is 45.9 Å². The fourth-order valence-electron chi connectivity index (χ4n) is 3.09. The molecule has 0 amide bonds. The van der Waals surface area contributed by atoms with Crippen LogP contribution in [0, 0.1) is 11.3 Å². The molecule has 0 bridgehead atoms. The minimum absolute atomic E-state index is 0.184. The van der Waals surface area contributed by atoms with Gasteiger partial charge in [-0.25, -0.2) is 0 Å². The maximum absolute atomic E-state index is 12.4.